The van der Waals surface area contributed by atoms with Gasteiger partial charge in [0.15, 0.2) is 0 Å². The smallest absolute Gasteiger partial charge is 0.317 e. The maximum atomic E-state index is 12.5. The van der Waals surface area contributed by atoms with Crippen molar-refractivity contribution < 1.29 is 4.79 Å². The van der Waals surface area contributed by atoms with E-state index in [1.807, 2.05) is 36.1 Å². The highest BCUT2D eigenvalue weighted by molar-refractivity contribution is 9.10. The van der Waals surface area contributed by atoms with Crippen molar-refractivity contribution in [3.63, 3.8) is 0 Å². The second-order valence-electron chi connectivity index (χ2n) is 6.65. The Morgan fingerprint density at radius 2 is 1.83 bits per heavy atom. The number of carbonyl (C=O) groups excluding carboxylic acids is 1. The number of benzene rings is 1. The number of amides is 2. The highest BCUT2D eigenvalue weighted by Gasteiger charge is 2.28. The summed E-state index contributed by atoms with van der Waals surface area (Å²) in [6.07, 6.45) is 5.42. The molecule has 1 aliphatic heterocycles. The number of nitrogens with one attached hydrogen (secondary N) is 1. The minimum atomic E-state index is 0.00550. The third-order valence-electron chi connectivity index (χ3n) is 5.15. The zero-order chi connectivity index (χ0) is 16.2. The molecule has 3 rings (SSSR count). The van der Waals surface area contributed by atoms with Crippen LogP contribution in [0.1, 0.15) is 44.2 Å². The first-order valence-corrected chi connectivity index (χ1v) is 9.48. The summed E-state index contributed by atoms with van der Waals surface area (Å²) in [5.41, 5.74) is 1.12. The molecule has 2 aliphatic rings. The summed E-state index contributed by atoms with van der Waals surface area (Å²) >= 11 is 3.56. The Morgan fingerprint density at radius 3 is 2.48 bits per heavy atom. The van der Waals surface area contributed by atoms with E-state index < -0.39 is 0 Å². The summed E-state index contributed by atoms with van der Waals surface area (Å²) in [5, 5.41) is 3.13. The molecule has 0 bridgehead atoms. The molecule has 1 unspecified atom stereocenters. The van der Waals surface area contributed by atoms with Gasteiger partial charge in [0, 0.05) is 36.7 Å². The Kier molecular flexibility index (Phi) is 5.59. The molecule has 1 aromatic rings. The van der Waals surface area contributed by atoms with Gasteiger partial charge in [-0.25, -0.2) is 4.79 Å². The second kappa shape index (κ2) is 7.67. The number of piperazine rings is 1. The Balaban J connectivity index is 1.50. The number of halogens is 1. The van der Waals surface area contributed by atoms with Gasteiger partial charge in [-0.2, -0.15) is 0 Å². The van der Waals surface area contributed by atoms with Gasteiger partial charge in [0.25, 0.3) is 0 Å². The van der Waals surface area contributed by atoms with Crippen molar-refractivity contribution in [1.82, 2.24) is 15.1 Å². The van der Waals surface area contributed by atoms with Crippen LogP contribution in [0.3, 0.4) is 0 Å². The van der Waals surface area contributed by atoms with Crippen LogP contribution in [0.4, 0.5) is 4.79 Å². The van der Waals surface area contributed by atoms with E-state index in [0.29, 0.717) is 0 Å². The van der Waals surface area contributed by atoms with Crippen molar-refractivity contribution in [2.45, 2.75) is 44.7 Å². The fourth-order valence-electron chi connectivity index (χ4n) is 3.74. The van der Waals surface area contributed by atoms with E-state index in [1.54, 1.807) is 0 Å². The van der Waals surface area contributed by atoms with Crippen LogP contribution in [0.15, 0.2) is 28.7 Å². The summed E-state index contributed by atoms with van der Waals surface area (Å²) in [5.74, 6) is 0. The lowest BCUT2D eigenvalue weighted by Gasteiger charge is -2.38. The molecule has 5 heteroatoms. The second-order valence-corrected chi connectivity index (χ2v) is 7.51. The third kappa shape index (κ3) is 4.07. The van der Waals surface area contributed by atoms with Crippen LogP contribution in [0.5, 0.6) is 0 Å². The molecule has 4 nitrogen and oxygen atoms in total. The average Bonchev–Trinajstić information content (AvgIpc) is 3.09. The van der Waals surface area contributed by atoms with E-state index in [1.165, 1.54) is 25.7 Å². The molecule has 1 heterocycles. The first kappa shape index (κ1) is 16.8. The lowest BCUT2D eigenvalue weighted by molar-refractivity contribution is 0.108. The van der Waals surface area contributed by atoms with Crippen LogP contribution >= 0.6 is 15.9 Å². The normalized spacial score (nSPS) is 21.4. The minimum Gasteiger partial charge on any atom is -0.331 e. The summed E-state index contributed by atoms with van der Waals surface area (Å²) in [6.45, 7) is 5.74. The van der Waals surface area contributed by atoms with E-state index >= 15 is 0 Å². The highest BCUT2D eigenvalue weighted by Crippen LogP contribution is 2.25. The van der Waals surface area contributed by atoms with Gasteiger partial charge in [0.1, 0.15) is 0 Å². The Labute approximate surface area is 147 Å². The lowest BCUT2D eigenvalue weighted by Crippen LogP contribution is -2.54. The number of carbonyl (C=O) groups is 1. The predicted octanol–water partition coefficient (Wildman–Crippen LogP) is 3.78. The number of hydrogen-bond acceptors (Lipinski definition) is 2. The first-order valence-electron chi connectivity index (χ1n) is 8.69. The van der Waals surface area contributed by atoms with Gasteiger partial charge < -0.3 is 10.2 Å². The molecule has 126 valence electrons. The summed E-state index contributed by atoms with van der Waals surface area (Å²) in [6, 6.07) is 8.88. The zero-order valence-corrected chi connectivity index (χ0v) is 15.4. The van der Waals surface area contributed by atoms with E-state index in [4.69, 9.17) is 0 Å². The van der Waals surface area contributed by atoms with Crippen LogP contribution in [0.2, 0.25) is 0 Å². The van der Waals surface area contributed by atoms with Crippen LogP contribution in [0, 0.1) is 0 Å². The summed E-state index contributed by atoms with van der Waals surface area (Å²) < 4.78 is 1.04. The predicted molar refractivity (Wildman–Crippen MR) is 96.5 cm³/mol. The molecule has 2 fully saturated rings. The molecule has 23 heavy (non-hydrogen) atoms. The molecule has 1 N–H and O–H groups in total. The Morgan fingerprint density at radius 1 is 1.17 bits per heavy atom. The van der Waals surface area contributed by atoms with E-state index in [-0.39, 0.29) is 12.1 Å². The molecule has 1 atom stereocenters. The van der Waals surface area contributed by atoms with Crippen molar-refractivity contribution in [3.8, 4) is 0 Å². The molecule has 0 radical (unpaired) electrons. The number of urea groups is 1. The van der Waals surface area contributed by atoms with Crippen molar-refractivity contribution in [1.29, 1.82) is 0 Å². The fraction of sp³-hybridized carbons (Fsp3) is 0.611. The standard InChI is InChI=1S/C18H26BrN3O/c1-14(16-8-4-5-9-17(16)19)20-18(23)22-12-10-21(11-13-22)15-6-2-3-7-15/h4-5,8-9,14-15H,2-3,6-7,10-13H2,1H3,(H,20,23). The van der Waals surface area contributed by atoms with Crippen LogP contribution < -0.4 is 5.32 Å². The van der Waals surface area contributed by atoms with Gasteiger partial charge in [-0.15, -0.1) is 0 Å². The molecule has 1 saturated carbocycles. The molecule has 1 aliphatic carbocycles. The summed E-state index contributed by atoms with van der Waals surface area (Å²) in [4.78, 5) is 17.0. The summed E-state index contributed by atoms with van der Waals surface area (Å²) in [7, 11) is 0. The zero-order valence-electron chi connectivity index (χ0n) is 13.8. The molecule has 0 aromatic heterocycles. The largest absolute Gasteiger partial charge is 0.331 e. The quantitative estimate of drug-likeness (QED) is 0.866. The third-order valence-corrected chi connectivity index (χ3v) is 5.88. The topological polar surface area (TPSA) is 35.6 Å². The molecule has 1 aromatic carbocycles. The van der Waals surface area contributed by atoms with Gasteiger partial charge in [-0.05, 0) is 31.4 Å². The average molecular weight is 380 g/mol. The Bertz CT molecular complexity index is 537. The maximum Gasteiger partial charge on any atom is 0.317 e. The van der Waals surface area contributed by atoms with Gasteiger partial charge >= 0.3 is 6.03 Å². The molecular formula is C18H26BrN3O. The number of nitrogens with zero attached hydrogens (tertiary/aromatic N) is 2. The Hall–Kier alpha value is -1.07. The number of hydrogen-bond donors (Lipinski definition) is 1. The van der Waals surface area contributed by atoms with Crippen molar-refractivity contribution in [2.24, 2.45) is 0 Å². The minimum absolute atomic E-state index is 0.00550. The van der Waals surface area contributed by atoms with Gasteiger partial charge in [-0.3, -0.25) is 4.90 Å². The van der Waals surface area contributed by atoms with Gasteiger partial charge in [0.2, 0.25) is 0 Å². The number of rotatable bonds is 3. The monoisotopic (exact) mass is 379 g/mol. The van der Waals surface area contributed by atoms with E-state index in [0.717, 1.165) is 42.3 Å². The maximum absolute atomic E-state index is 12.5. The fourth-order valence-corrected chi connectivity index (χ4v) is 4.37. The SMILES string of the molecule is CC(NC(=O)N1CCN(C2CCCC2)CC1)c1ccccc1Br. The first-order chi connectivity index (χ1) is 11.1. The molecule has 0 spiro atoms. The van der Waals surface area contributed by atoms with Crippen molar-refractivity contribution in [3.05, 3.63) is 34.3 Å². The van der Waals surface area contributed by atoms with Gasteiger partial charge in [-0.1, -0.05) is 47.0 Å². The van der Waals surface area contributed by atoms with Gasteiger partial charge in [0.05, 0.1) is 6.04 Å². The van der Waals surface area contributed by atoms with Crippen molar-refractivity contribution in [2.75, 3.05) is 26.2 Å². The van der Waals surface area contributed by atoms with Crippen molar-refractivity contribution >= 4 is 22.0 Å². The van der Waals surface area contributed by atoms with E-state index in [2.05, 4.69) is 26.1 Å². The molecule has 2 amide bonds. The van der Waals surface area contributed by atoms with Crippen LogP contribution in [-0.2, 0) is 0 Å². The molecular weight excluding hydrogens is 354 g/mol. The van der Waals surface area contributed by atoms with Crippen LogP contribution in [0.25, 0.3) is 0 Å². The lowest BCUT2D eigenvalue weighted by atomic mass is 10.1. The highest BCUT2D eigenvalue weighted by atomic mass is 79.9. The molecule has 1 saturated heterocycles. The van der Waals surface area contributed by atoms with Crippen LogP contribution in [-0.4, -0.2) is 48.1 Å². The van der Waals surface area contributed by atoms with E-state index in [9.17, 15) is 4.79 Å².